The first-order chi connectivity index (χ1) is 7.22. The van der Waals surface area contributed by atoms with E-state index in [0.717, 1.165) is 30.8 Å². The van der Waals surface area contributed by atoms with E-state index in [9.17, 15) is 4.79 Å². The molecule has 1 aromatic heterocycles. The van der Waals surface area contributed by atoms with Gasteiger partial charge in [0, 0.05) is 13.0 Å². The minimum absolute atomic E-state index is 0.161. The molecule has 1 aliphatic heterocycles. The maximum atomic E-state index is 11.5. The van der Waals surface area contributed by atoms with Crippen molar-refractivity contribution in [2.45, 2.75) is 26.2 Å². The zero-order valence-electron chi connectivity index (χ0n) is 8.86. The van der Waals surface area contributed by atoms with Crippen molar-refractivity contribution >= 4 is 17.4 Å². The van der Waals surface area contributed by atoms with Gasteiger partial charge < -0.3 is 5.73 Å². The Labute approximate surface area is 89.1 Å². The van der Waals surface area contributed by atoms with Gasteiger partial charge in [-0.25, -0.2) is 4.98 Å². The molecule has 4 nitrogen and oxygen atoms in total. The Morgan fingerprint density at radius 2 is 2.40 bits per heavy atom. The molecule has 1 aliphatic rings. The van der Waals surface area contributed by atoms with Crippen LogP contribution in [0, 0.1) is 0 Å². The zero-order valence-corrected chi connectivity index (χ0v) is 8.86. The SMILES string of the molecule is CCc1cc(N2CCCC2=O)ncc1N. The van der Waals surface area contributed by atoms with Gasteiger partial charge >= 0.3 is 0 Å². The number of nitrogens with two attached hydrogens (primary N) is 1. The quantitative estimate of drug-likeness (QED) is 0.792. The molecule has 0 radical (unpaired) electrons. The second-order valence-electron chi connectivity index (χ2n) is 3.74. The summed E-state index contributed by atoms with van der Waals surface area (Å²) in [7, 11) is 0. The predicted octanol–water partition coefficient (Wildman–Crippen LogP) is 1.35. The van der Waals surface area contributed by atoms with Gasteiger partial charge in [-0.05, 0) is 24.5 Å². The number of carbonyl (C=O) groups excluding carboxylic acids is 1. The molecule has 0 aromatic carbocycles. The molecule has 15 heavy (non-hydrogen) atoms. The molecule has 80 valence electrons. The summed E-state index contributed by atoms with van der Waals surface area (Å²) in [5.74, 6) is 0.901. The highest BCUT2D eigenvalue weighted by atomic mass is 16.2. The molecular weight excluding hydrogens is 190 g/mol. The lowest BCUT2D eigenvalue weighted by molar-refractivity contribution is -0.117. The lowest BCUT2D eigenvalue weighted by Gasteiger charge is -2.15. The van der Waals surface area contributed by atoms with E-state index in [0.29, 0.717) is 12.1 Å². The predicted molar refractivity (Wildman–Crippen MR) is 59.6 cm³/mol. The van der Waals surface area contributed by atoms with E-state index in [1.807, 2.05) is 13.0 Å². The van der Waals surface area contributed by atoms with Crippen LogP contribution in [0.15, 0.2) is 12.3 Å². The number of amides is 1. The van der Waals surface area contributed by atoms with Crippen molar-refractivity contribution in [3.63, 3.8) is 0 Å². The Morgan fingerprint density at radius 1 is 1.60 bits per heavy atom. The molecule has 2 heterocycles. The van der Waals surface area contributed by atoms with Crippen molar-refractivity contribution in [3.05, 3.63) is 17.8 Å². The molecule has 0 saturated carbocycles. The number of aromatic nitrogens is 1. The number of anilines is 2. The number of carbonyl (C=O) groups is 1. The van der Waals surface area contributed by atoms with E-state index in [1.54, 1.807) is 11.1 Å². The van der Waals surface area contributed by atoms with E-state index in [4.69, 9.17) is 5.73 Å². The Balaban J connectivity index is 2.32. The first kappa shape index (κ1) is 9.96. The van der Waals surface area contributed by atoms with Crippen LogP contribution in [0.4, 0.5) is 11.5 Å². The van der Waals surface area contributed by atoms with Crippen molar-refractivity contribution in [1.29, 1.82) is 0 Å². The second kappa shape index (κ2) is 3.88. The summed E-state index contributed by atoms with van der Waals surface area (Å²) in [4.78, 5) is 17.4. The fraction of sp³-hybridized carbons (Fsp3) is 0.455. The van der Waals surface area contributed by atoms with Gasteiger partial charge in [-0.2, -0.15) is 0 Å². The molecule has 0 spiro atoms. The Bertz CT molecular complexity index is 389. The Hall–Kier alpha value is -1.58. The number of aryl methyl sites for hydroxylation is 1. The Morgan fingerprint density at radius 3 is 3.00 bits per heavy atom. The first-order valence-corrected chi connectivity index (χ1v) is 5.27. The minimum Gasteiger partial charge on any atom is -0.397 e. The third-order valence-electron chi connectivity index (χ3n) is 2.74. The molecule has 4 heteroatoms. The fourth-order valence-corrected chi connectivity index (χ4v) is 1.84. The molecular formula is C11H15N3O. The van der Waals surface area contributed by atoms with Crippen molar-refractivity contribution in [3.8, 4) is 0 Å². The van der Waals surface area contributed by atoms with Crippen molar-refractivity contribution < 1.29 is 4.79 Å². The molecule has 1 amide bonds. The summed E-state index contributed by atoms with van der Waals surface area (Å²) in [5, 5.41) is 0. The average molecular weight is 205 g/mol. The van der Waals surface area contributed by atoms with E-state index >= 15 is 0 Å². The van der Waals surface area contributed by atoms with Gasteiger partial charge in [-0.3, -0.25) is 9.69 Å². The van der Waals surface area contributed by atoms with Crippen molar-refractivity contribution in [2.24, 2.45) is 0 Å². The van der Waals surface area contributed by atoms with Gasteiger partial charge in [-0.1, -0.05) is 6.92 Å². The molecule has 1 aromatic rings. The first-order valence-electron chi connectivity index (χ1n) is 5.27. The standard InChI is InChI=1S/C11H15N3O/c1-2-8-6-10(13-7-9(8)12)14-5-3-4-11(14)15/h6-7H,2-5,12H2,1H3. The molecule has 2 N–H and O–H groups in total. The minimum atomic E-state index is 0.161. The van der Waals surface area contributed by atoms with E-state index in [1.165, 1.54) is 0 Å². The molecule has 1 saturated heterocycles. The van der Waals surface area contributed by atoms with Crippen molar-refractivity contribution in [2.75, 3.05) is 17.2 Å². The molecule has 0 atom stereocenters. The summed E-state index contributed by atoms with van der Waals surface area (Å²) < 4.78 is 0. The molecule has 0 aliphatic carbocycles. The van der Waals surface area contributed by atoms with Gasteiger partial charge in [-0.15, -0.1) is 0 Å². The van der Waals surface area contributed by atoms with Crippen LogP contribution < -0.4 is 10.6 Å². The van der Waals surface area contributed by atoms with Crippen LogP contribution in [-0.2, 0) is 11.2 Å². The second-order valence-corrected chi connectivity index (χ2v) is 3.74. The maximum Gasteiger partial charge on any atom is 0.228 e. The van der Waals surface area contributed by atoms with Crippen LogP contribution in [0.5, 0.6) is 0 Å². The zero-order chi connectivity index (χ0) is 10.8. The van der Waals surface area contributed by atoms with Gasteiger partial charge in [0.25, 0.3) is 0 Å². The molecule has 2 rings (SSSR count). The molecule has 0 bridgehead atoms. The van der Waals surface area contributed by atoms with Crippen LogP contribution >= 0.6 is 0 Å². The summed E-state index contributed by atoms with van der Waals surface area (Å²) in [6.45, 7) is 2.82. The van der Waals surface area contributed by atoms with E-state index in [-0.39, 0.29) is 5.91 Å². The number of pyridine rings is 1. The number of hydrogen-bond donors (Lipinski definition) is 1. The lowest BCUT2D eigenvalue weighted by Crippen LogP contribution is -2.24. The van der Waals surface area contributed by atoms with Crippen LogP contribution in [0.2, 0.25) is 0 Å². The largest absolute Gasteiger partial charge is 0.397 e. The summed E-state index contributed by atoms with van der Waals surface area (Å²) in [5.41, 5.74) is 7.52. The van der Waals surface area contributed by atoms with Crippen LogP contribution in [0.3, 0.4) is 0 Å². The van der Waals surface area contributed by atoms with Gasteiger partial charge in [0.2, 0.25) is 5.91 Å². The lowest BCUT2D eigenvalue weighted by atomic mass is 10.2. The smallest absolute Gasteiger partial charge is 0.228 e. The fourth-order valence-electron chi connectivity index (χ4n) is 1.84. The summed E-state index contributed by atoms with van der Waals surface area (Å²) in [6.07, 6.45) is 4.06. The van der Waals surface area contributed by atoms with Crippen LogP contribution in [0.1, 0.15) is 25.3 Å². The number of hydrogen-bond acceptors (Lipinski definition) is 3. The van der Waals surface area contributed by atoms with E-state index in [2.05, 4.69) is 4.98 Å². The topological polar surface area (TPSA) is 59.2 Å². The molecule has 0 unspecified atom stereocenters. The molecule has 1 fully saturated rings. The monoisotopic (exact) mass is 205 g/mol. The third kappa shape index (κ3) is 1.79. The van der Waals surface area contributed by atoms with Gasteiger partial charge in [0.05, 0.1) is 11.9 Å². The van der Waals surface area contributed by atoms with Crippen molar-refractivity contribution in [1.82, 2.24) is 4.98 Å². The normalized spacial score (nSPS) is 16.1. The van der Waals surface area contributed by atoms with Gasteiger partial charge in [0.15, 0.2) is 0 Å². The third-order valence-corrected chi connectivity index (χ3v) is 2.74. The summed E-state index contributed by atoms with van der Waals surface area (Å²) >= 11 is 0. The number of nitrogen functional groups attached to an aromatic ring is 1. The highest BCUT2D eigenvalue weighted by Gasteiger charge is 2.22. The highest BCUT2D eigenvalue weighted by molar-refractivity contribution is 5.94. The maximum absolute atomic E-state index is 11.5. The number of rotatable bonds is 2. The van der Waals surface area contributed by atoms with E-state index < -0.39 is 0 Å². The summed E-state index contributed by atoms with van der Waals surface area (Å²) in [6, 6.07) is 1.92. The van der Waals surface area contributed by atoms with Crippen LogP contribution in [0.25, 0.3) is 0 Å². The van der Waals surface area contributed by atoms with Crippen LogP contribution in [-0.4, -0.2) is 17.4 Å². The Kier molecular flexibility index (Phi) is 2.58. The number of nitrogens with zero attached hydrogens (tertiary/aromatic N) is 2. The highest BCUT2D eigenvalue weighted by Crippen LogP contribution is 2.22. The van der Waals surface area contributed by atoms with Gasteiger partial charge in [0.1, 0.15) is 5.82 Å². The average Bonchev–Trinajstić information content (AvgIpc) is 2.65.